The van der Waals surface area contributed by atoms with Crippen LogP contribution in [0.15, 0.2) is 103 Å². The maximum Gasteiger partial charge on any atom is 0.118 e. The Kier molecular flexibility index (Phi) is 15.3. The Labute approximate surface area is 243 Å². The number of aliphatic hydroxyl groups is 1. The van der Waals surface area contributed by atoms with Crippen molar-refractivity contribution in [3.05, 3.63) is 125 Å². The van der Waals surface area contributed by atoms with Crippen LogP contribution in [0, 0.1) is 0 Å². The molecule has 0 unspecified atom stereocenters. The quantitative estimate of drug-likeness (QED) is 0.223. The third kappa shape index (κ3) is 11.0. The Morgan fingerprint density at radius 2 is 0.946 bits per heavy atom. The van der Waals surface area contributed by atoms with Crippen LogP contribution in [0.4, 0.5) is 0 Å². The first kappa shape index (κ1) is 31.1. The summed E-state index contributed by atoms with van der Waals surface area (Å²) in [6.45, 7) is 0. The van der Waals surface area contributed by atoms with Crippen molar-refractivity contribution in [1.29, 1.82) is 0 Å². The zero-order valence-electron chi connectivity index (χ0n) is 22.2. The van der Waals surface area contributed by atoms with Gasteiger partial charge in [-0.25, -0.2) is 0 Å². The van der Waals surface area contributed by atoms with Crippen molar-refractivity contribution in [1.82, 2.24) is 0 Å². The van der Waals surface area contributed by atoms with E-state index >= 15 is 0 Å². The smallest absolute Gasteiger partial charge is 0.118 e. The molecule has 0 aromatic heterocycles. The van der Waals surface area contributed by atoms with Crippen molar-refractivity contribution in [2.75, 3.05) is 0 Å². The van der Waals surface area contributed by atoms with Crippen molar-refractivity contribution in [3.8, 4) is 0 Å². The van der Waals surface area contributed by atoms with E-state index in [2.05, 4.69) is 0 Å². The Morgan fingerprint density at radius 1 is 0.595 bits per heavy atom. The summed E-state index contributed by atoms with van der Waals surface area (Å²) in [6, 6.07) is 28.9. The predicted molar refractivity (Wildman–Crippen MR) is 154 cm³/mol. The molecular formula is C34H42NOZr-. The first-order valence-corrected chi connectivity index (χ1v) is 13.8. The van der Waals surface area contributed by atoms with Gasteiger partial charge in [-0.3, -0.25) is 0 Å². The molecule has 2 saturated carbocycles. The largest absolute Gasteiger partial charge is 0.807 e. The normalized spacial score (nSPS) is 14.6. The molecule has 2 aliphatic carbocycles. The zero-order valence-corrected chi connectivity index (χ0v) is 24.7. The Bertz CT molecular complexity index is 945. The minimum atomic E-state index is -1.10. The van der Waals surface area contributed by atoms with Gasteiger partial charge in [0.1, 0.15) is 5.60 Å². The molecule has 0 heterocycles. The minimum absolute atomic E-state index is 0. The molecule has 2 aliphatic rings. The van der Waals surface area contributed by atoms with Gasteiger partial charge in [-0.2, -0.15) is 5.71 Å². The minimum Gasteiger partial charge on any atom is -0.807 e. The zero-order chi connectivity index (χ0) is 25.3. The number of nitrogens with zero attached hydrogens (tertiary/aromatic N) is 1. The summed E-state index contributed by atoms with van der Waals surface area (Å²) in [4.78, 5) is 0. The molecule has 0 saturated heterocycles. The topological polar surface area (TPSA) is 42.5 Å². The van der Waals surface area contributed by atoms with Crippen LogP contribution in [0.3, 0.4) is 0 Å². The number of benzene rings is 3. The summed E-state index contributed by atoms with van der Waals surface area (Å²) in [5.74, 6) is 0. The monoisotopic (exact) mass is 570 g/mol. The molecular weight excluding hydrogens is 530 g/mol. The fraction of sp³-hybridized carbons (Fsp3) is 0.382. The van der Waals surface area contributed by atoms with Crippen molar-refractivity contribution in [3.63, 3.8) is 0 Å². The van der Waals surface area contributed by atoms with E-state index in [0.29, 0.717) is 18.6 Å². The van der Waals surface area contributed by atoms with E-state index in [1.54, 1.807) is 0 Å². The summed E-state index contributed by atoms with van der Waals surface area (Å²) >= 11 is 0. The molecule has 37 heavy (non-hydrogen) atoms. The van der Waals surface area contributed by atoms with Crippen molar-refractivity contribution < 1.29 is 31.3 Å². The van der Waals surface area contributed by atoms with Crippen molar-refractivity contribution in [2.24, 2.45) is 0 Å². The van der Waals surface area contributed by atoms with E-state index in [-0.39, 0.29) is 26.2 Å². The molecule has 3 heteroatoms. The molecule has 3 aromatic carbocycles. The van der Waals surface area contributed by atoms with Gasteiger partial charge in [-0.15, -0.1) is 0 Å². The second kappa shape index (κ2) is 18.2. The van der Waals surface area contributed by atoms with Gasteiger partial charge in [0.15, 0.2) is 0 Å². The molecule has 1 N–H and O–H groups in total. The van der Waals surface area contributed by atoms with E-state index in [4.69, 9.17) is 0 Å². The molecule has 2 nitrogen and oxygen atoms in total. The molecule has 0 bridgehead atoms. The van der Waals surface area contributed by atoms with Gasteiger partial charge in [0.2, 0.25) is 0 Å². The van der Waals surface area contributed by atoms with E-state index in [1.165, 1.54) is 64.2 Å². The fourth-order valence-electron chi connectivity index (χ4n) is 4.80. The van der Waals surface area contributed by atoms with Crippen LogP contribution in [-0.2, 0) is 31.8 Å². The summed E-state index contributed by atoms with van der Waals surface area (Å²) in [6.07, 6.45) is 19.7. The standard InChI is InChI=1S/C24H22NO.2C5H10.Zr/c25-23(20-12-4-1-5-13-20)18-10-11-19-24(26,21-14-6-2-7-15-21)22-16-8-3-9-17-22;2*1-2-4-5-3-1;/h1-17,26H,18-19H2;2*1-5H2;/q-1;;;/b11-10+;;;. The van der Waals surface area contributed by atoms with Crippen LogP contribution in [0.2, 0.25) is 0 Å². The molecule has 0 radical (unpaired) electrons. The van der Waals surface area contributed by atoms with E-state index < -0.39 is 5.60 Å². The third-order valence-corrected chi connectivity index (χ3v) is 7.00. The van der Waals surface area contributed by atoms with Gasteiger partial charge in [0.25, 0.3) is 0 Å². The SMILES string of the molecule is C1CCCC1.C1CCCC1.[N-]=C(C/C=C/CC(O)(c1ccccc1)c1ccccc1)c1ccccc1.[Zr]. The fourth-order valence-corrected chi connectivity index (χ4v) is 4.80. The number of allylic oxidation sites excluding steroid dienone is 1. The molecule has 2 fully saturated rings. The summed E-state index contributed by atoms with van der Waals surface area (Å²) in [7, 11) is 0. The second-order valence-electron chi connectivity index (χ2n) is 9.82. The Balaban J connectivity index is 0.000000362. The van der Waals surface area contributed by atoms with Gasteiger partial charge in [-0.1, -0.05) is 167 Å². The maximum absolute atomic E-state index is 11.4. The van der Waals surface area contributed by atoms with Crippen LogP contribution < -0.4 is 0 Å². The summed E-state index contributed by atoms with van der Waals surface area (Å²) < 4.78 is 0. The van der Waals surface area contributed by atoms with Gasteiger partial charge < -0.3 is 10.5 Å². The number of hydrogen-bond donors (Lipinski definition) is 1. The van der Waals surface area contributed by atoms with E-state index in [9.17, 15) is 10.5 Å². The molecule has 5 rings (SSSR count). The van der Waals surface area contributed by atoms with Gasteiger partial charge in [-0.05, 0) is 23.1 Å². The summed E-state index contributed by atoms with van der Waals surface area (Å²) in [5.41, 5.74) is 1.75. The Hall–Kier alpha value is -2.09. The van der Waals surface area contributed by atoms with Crippen LogP contribution in [0.5, 0.6) is 0 Å². The predicted octanol–water partition coefficient (Wildman–Crippen LogP) is 9.22. The molecule has 3 aromatic rings. The van der Waals surface area contributed by atoms with Crippen molar-refractivity contribution in [2.45, 2.75) is 82.7 Å². The first-order valence-electron chi connectivity index (χ1n) is 13.8. The number of hydrogen-bond acceptors (Lipinski definition) is 1. The second-order valence-corrected chi connectivity index (χ2v) is 9.82. The van der Waals surface area contributed by atoms with Crippen LogP contribution in [0.1, 0.15) is 93.7 Å². The molecule has 0 aliphatic heterocycles. The molecule has 0 atom stereocenters. The molecule has 0 amide bonds. The molecule has 194 valence electrons. The van der Waals surface area contributed by atoms with Crippen molar-refractivity contribution >= 4 is 5.71 Å². The third-order valence-electron chi connectivity index (χ3n) is 7.00. The van der Waals surface area contributed by atoms with Crippen LogP contribution >= 0.6 is 0 Å². The maximum atomic E-state index is 11.4. The van der Waals surface area contributed by atoms with E-state index in [1.807, 2.05) is 103 Å². The average molecular weight is 572 g/mol. The Morgan fingerprint density at radius 3 is 1.32 bits per heavy atom. The summed E-state index contributed by atoms with van der Waals surface area (Å²) in [5, 5.41) is 21.6. The number of rotatable bonds is 7. The van der Waals surface area contributed by atoms with Gasteiger partial charge >= 0.3 is 0 Å². The van der Waals surface area contributed by atoms with Gasteiger partial charge in [0, 0.05) is 32.6 Å². The average Bonchev–Trinajstić information content (AvgIpc) is 3.72. The van der Waals surface area contributed by atoms with Crippen LogP contribution in [0.25, 0.3) is 5.41 Å². The van der Waals surface area contributed by atoms with Gasteiger partial charge in [0.05, 0.1) is 0 Å². The first-order chi connectivity index (χ1) is 17.7. The van der Waals surface area contributed by atoms with E-state index in [0.717, 1.165) is 16.7 Å². The molecule has 0 spiro atoms. The van der Waals surface area contributed by atoms with Crippen LogP contribution in [-0.4, -0.2) is 10.8 Å².